The molecule has 4 rings (SSSR count). The number of thiazole rings is 1. The zero-order valence-corrected chi connectivity index (χ0v) is 17.1. The van der Waals surface area contributed by atoms with Gasteiger partial charge in [-0.3, -0.25) is 9.59 Å². The van der Waals surface area contributed by atoms with Crippen LogP contribution < -0.4 is 10.9 Å². The van der Waals surface area contributed by atoms with Gasteiger partial charge in [0, 0.05) is 35.4 Å². The Morgan fingerprint density at radius 1 is 1.10 bits per heavy atom. The maximum atomic E-state index is 12.4. The van der Waals surface area contributed by atoms with Gasteiger partial charge >= 0.3 is 0 Å². The van der Waals surface area contributed by atoms with E-state index in [-0.39, 0.29) is 17.9 Å². The molecule has 2 heterocycles. The summed E-state index contributed by atoms with van der Waals surface area (Å²) >= 11 is 1.39. The van der Waals surface area contributed by atoms with E-state index in [1.807, 2.05) is 67.8 Å². The molecular formula is C23H21N3O2S. The summed E-state index contributed by atoms with van der Waals surface area (Å²) in [5.74, 6) is -0.161. The van der Waals surface area contributed by atoms with Crippen LogP contribution in [0.25, 0.3) is 22.2 Å². The summed E-state index contributed by atoms with van der Waals surface area (Å²) in [6.45, 7) is 4.29. The van der Waals surface area contributed by atoms with Crippen LogP contribution in [0.5, 0.6) is 0 Å². The first-order chi connectivity index (χ1) is 14.0. The van der Waals surface area contributed by atoms with E-state index in [1.165, 1.54) is 16.9 Å². The number of para-hydroxylation sites is 1. The van der Waals surface area contributed by atoms with Crippen LogP contribution in [0, 0.1) is 13.8 Å². The van der Waals surface area contributed by atoms with Gasteiger partial charge in [0.25, 0.3) is 5.56 Å². The third-order valence-corrected chi connectivity index (χ3v) is 5.64. The van der Waals surface area contributed by atoms with E-state index in [0.29, 0.717) is 11.7 Å². The summed E-state index contributed by atoms with van der Waals surface area (Å²) in [6.07, 6.45) is 0.201. The van der Waals surface area contributed by atoms with Crippen molar-refractivity contribution in [1.29, 1.82) is 0 Å². The van der Waals surface area contributed by atoms with Crippen molar-refractivity contribution in [2.45, 2.75) is 26.8 Å². The van der Waals surface area contributed by atoms with E-state index in [4.69, 9.17) is 0 Å². The molecule has 2 aromatic carbocycles. The highest BCUT2D eigenvalue weighted by Crippen LogP contribution is 2.25. The Hall–Kier alpha value is -3.25. The van der Waals surface area contributed by atoms with Crippen molar-refractivity contribution in [1.82, 2.24) is 9.55 Å². The second-order valence-electron chi connectivity index (χ2n) is 7.04. The molecule has 0 saturated heterocycles. The van der Waals surface area contributed by atoms with Gasteiger partial charge in [0.05, 0.1) is 11.2 Å². The summed E-state index contributed by atoms with van der Waals surface area (Å²) in [4.78, 5) is 29.4. The Balaban J connectivity index is 1.46. The van der Waals surface area contributed by atoms with Crippen LogP contribution in [0.3, 0.4) is 0 Å². The third-order valence-electron chi connectivity index (χ3n) is 4.89. The minimum Gasteiger partial charge on any atom is -0.308 e. The monoisotopic (exact) mass is 403 g/mol. The van der Waals surface area contributed by atoms with Gasteiger partial charge in [-0.25, -0.2) is 4.98 Å². The number of aromatic nitrogens is 2. The Bertz CT molecular complexity index is 1240. The van der Waals surface area contributed by atoms with Crippen LogP contribution in [0.2, 0.25) is 0 Å². The first-order valence-electron chi connectivity index (χ1n) is 9.43. The molecule has 5 nitrogen and oxygen atoms in total. The molecule has 29 heavy (non-hydrogen) atoms. The van der Waals surface area contributed by atoms with Gasteiger partial charge in [-0.2, -0.15) is 0 Å². The smallest absolute Gasteiger partial charge is 0.251 e. The average Bonchev–Trinajstić information content (AvgIpc) is 3.16. The molecular weight excluding hydrogens is 382 g/mol. The summed E-state index contributed by atoms with van der Waals surface area (Å²) < 4.78 is 1.65. The maximum Gasteiger partial charge on any atom is 0.251 e. The number of aryl methyl sites for hydroxylation is 3. The van der Waals surface area contributed by atoms with E-state index < -0.39 is 0 Å². The van der Waals surface area contributed by atoms with Crippen molar-refractivity contribution in [2.24, 2.45) is 0 Å². The zero-order chi connectivity index (χ0) is 20.4. The number of carbonyl (C=O) groups excluding carboxylic acids is 1. The predicted molar refractivity (Wildman–Crippen MR) is 118 cm³/mol. The molecule has 0 saturated carbocycles. The van der Waals surface area contributed by atoms with Gasteiger partial charge in [-0.05, 0) is 25.5 Å². The van der Waals surface area contributed by atoms with Crippen LogP contribution in [-0.2, 0) is 11.3 Å². The van der Waals surface area contributed by atoms with E-state index in [0.717, 1.165) is 27.7 Å². The summed E-state index contributed by atoms with van der Waals surface area (Å²) in [6, 6.07) is 17.5. The number of amides is 1. The lowest BCUT2D eigenvalue weighted by atomic mass is 10.1. The van der Waals surface area contributed by atoms with Crippen LogP contribution >= 0.6 is 11.3 Å². The van der Waals surface area contributed by atoms with E-state index in [9.17, 15) is 9.59 Å². The number of carbonyl (C=O) groups is 1. The largest absolute Gasteiger partial charge is 0.308 e. The van der Waals surface area contributed by atoms with Gasteiger partial charge in [0.15, 0.2) is 5.13 Å². The second-order valence-corrected chi connectivity index (χ2v) is 7.89. The van der Waals surface area contributed by atoms with Crippen LogP contribution in [0.4, 0.5) is 5.13 Å². The Morgan fingerprint density at radius 2 is 1.86 bits per heavy atom. The van der Waals surface area contributed by atoms with Gasteiger partial charge in [-0.1, -0.05) is 48.0 Å². The molecule has 0 fully saturated rings. The molecule has 0 unspecified atom stereocenters. The molecule has 0 bridgehead atoms. The Kier molecular flexibility index (Phi) is 5.27. The Labute approximate surface area is 172 Å². The number of fused-ring (bicyclic) bond motifs is 1. The molecule has 0 aliphatic heterocycles. The predicted octanol–water partition coefficient (Wildman–Crippen LogP) is 4.77. The van der Waals surface area contributed by atoms with Gasteiger partial charge in [0.1, 0.15) is 0 Å². The van der Waals surface area contributed by atoms with Crippen molar-refractivity contribution < 1.29 is 4.79 Å². The molecule has 6 heteroatoms. The number of pyridine rings is 1. The van der Waals surface area contributed by atoms with Crippen molar-refractivity contribution >= 4 is 33.3 Å². The molecule has 2 aromatic heterocycles. The third kappa shape index (κ3) is 4.12. The molecule has 0 aliphatic carbocycles. The average molecular weight is 404 g/mol. The number of nitrogens with one attached hydrogen (secondary N) is 1. The van der Waals surface area contributed by atoms with Gasteiger partial charge in [-0.15, -0.1) is 11.3 Å². The normalized spacial score (nSPS) is 11.0. The van der Waals surface area contributed by atoms with Crippen LogP contribution in [-0.4, -0.2) is 15.5 Å². The molecule has 0 spiro atoms. The number of nitrogens with zero attached hydrogens (tertiary/aromatic N) is 2. The van der Waals surface area contributed by atoms with E-state index in [1.54, 1.807) is 10.6 Å². The highest BCUT2D eigenvalue weighted by molar-refractivity contribution is 7.14. The molecule has 1 N–H and O–H groups in total. The number of hydrogen-bond donors (Lipinski definition) is 1. The van der Waals surface area contributed by atoms with Gasteiger partial charge < -0.3 is 9.88 Å². The first kappa shape index (κ1) is 19.1. The molecule has 1 amide bonds. The fourth-order valence-corrected chi connectivity index (χ4v) is 4.05. The lowest BCUT2D eigenvalue weighted by Gasteiger charge is -2.11. The molecule has 0 aliphatic rings. The fraction of sp³-hybridized carbons (Fsp3) is 0.174. The lowest BCUT2D eigenvalue weighted by Crippen LogP contribution is -2.23. The number of rotatable bonds is 5. The first-order valence-corrected chi connectivity index (χ1v) is 10.3. The van der Waals surface area contributed by atoms with E-state index in [2.05, 4.69) is 10.3 Å². The standard InChI is InChI=1S/C23H21N3O2S/c1-15-7-9-17(10-8-15)19-14-29-23(24-19)25-21(27)11-12-26-20-6-4-3-5-18(20)16(2)13-22(26)28/h3-10,13-14H,11-12H2,1-2H3,(H,24,25,27). The highest BCUT2D eigenvalue weighted by atomic mass is 32.1. The fourth-order valence-electron chi connectivity index (χ4n) is 3.32. The molecule has 146 valence electrons. The maximum absolute atomic E-state index is 12.4. The quantitative estimate of drug-likeness (QED) is 0.522. The van der Waals surface area contributed by atoms with Crippen LogP contribution in [0.1, 0.15) is 17.5 Å². The molecule has 0 atom stereocenters. The topological polar surface area (TPSA) is 64.0 Å². The minimum absolute atomic E-state index is 0.0927. The number of anilines is 1. The van der Waals surface area contributed by atoms with Crippen molar-refractivity contribution in [3.05, 3.63) is 81.5 Å². The molecule has 0 radical (unpaired) electrons. The van der Waals surface area contributed by atoms with Crippen molar-refractivity contribution in [3.8, 4) is 11.3 Å². The summed E-state index contributed by atoms with van der Waals surface area (Å²) in [5.41, 5.74) is 4.75. The number of benzene rings is 2. The zero-order valence-electron chi connectivity index (χ0n) is 16.3. The highest BCUT2D eigenvalue weighted by Gasteiger charge is 2.11. The van der Waals surface area contributed by atoms with Gasteiger partial charge in [0.2, 0.25) is 5.91 Å². The second kappa shape index (κ2) is 8.01. The SMILES string of the molecule is Cc1ccc(-c2csc(NC(=O)CCn3c(=O)cc(C)c4ccccc43)n2)cc1. The lowest BCUT2D eigenvalue weighted by molar-refractivity contribution is -0.116. The minimum atomic E-state index is -0.161. The van der Waals surface area contributed by atoms with Crippen molar-refractivity contribution in [3.63, 3.8) is 0 Å². The number of hydrogen-bond acceptors (Lipinski definition) is 4. The van der Waals surface area contributed by atoms with Crippen molar-refractivity contribution in [2.75, 3.05) is 5.32 Å². The summed E-state index contributed by atoms with van der Waals surface area (Å²) in [5, 5.41) is 6.36. The van der Waals surface area contributed by atoms with E-state index >= 15 is 0 Å². The summed E-state index contributed by atoms with van der Waals surface area (Å²) in [7, 11) is 0. The Morgan fingerprint density at radius 3 is 2.66 bits per heavy atom. The molecule has 4 aromatic rings. The van der Waals surface area contributed by atoms with Crippen LogP contribution in [0.15, 0.2) is 64.8 Å².